The van der Waals surface area contributed by atoms with Crippen LogP contribution in [0.5, 0.6) is 0 Å². The lowest BCUT2D eigenvalue weighted by atomic mass is 9.72. The first kappa shape index (κ1) is 16.1. The summed E-state index contributed by atoms with van der Waals surface area (Å²) in [6, 6.07) is 1.82. The average Bonchev–Trinajstić information content (AvgIpc) is 3.11. The number of hydrogen-bond acceptors (Lipinski definition) is 3. The average molecular weight is 319 g/mol. The fourth-order valence-corrected chi connectivity index (χ4v) is 3.74. The van der Waals surface area contributed by atoms with Crippen LogP contribution in [0.3, 0.4) is 0 Å². The van der Waals surface area contributed by atoms with Gasteiger partial charge in [-0.05, 0) is 30.7 Å². The minimum Gasteiger partial charge on any atom is -0.383 e. The van der Waals surface area contributed by atoms with Crippen LogP contribution in [0.25, 0.3) is 0 Å². The van der Waals surface area contributed by atoms with Gasteiger partial charge in [-0.3, -0.25) is 9.59 Å². The van der Waals surface area contributed by atoms with E-state index in [1.165, 1.54) is 0 Å². The summed E-state index contributed by atoms with van der Waals surface area (Å²) in [6.45, 7) is 3.61. The number of carbonyl (C=O) groups excluding carboxylic acids is 2. The number of rotatable bonds is 4. The number of amides is 2. The molecule has 0 bridgehead atoms. The highest BCUT2D eigenvalue weighted by atomic mass is 16.5. The number of aromatic amines is 1. The van der Waals surface area contributed by atoms with Crippen LogP contribution < -0.4 is 0 Å². The highest BCUT2D eigenvalue weighted by molar-refractivity contribution is 5.94. The van der Waals surface area contributed by atoms with Crippen LogP contribution in [0.1, 0.15) is 36.0 Å². The lowest BCUT2D eigenvalue weighted by Crippen LogP contribution is -2.52. The van der Waals surface area contributed by atoms with Crippen molar-refractivity contribution in [2.24, 2.45) is 5.41 Å². The standard InChI is InChI=1S/C17H25N3O3/c1-23-11-10-20-13-17(4-2-15(20)21)5-8-19(9-6-17)16(22)14-3-7-18-12-14/h3,7,12,18H,2,4-6,8-11,13H2,1H3. The SMILES string of the molecule is COCCN1CC2(CCC1=O)CCN(C(=O)c1cc[nH]c1)CC2. The van der Waals surface area contributed by atoms with Crippen LogP contribution in [-0.2, 0) is 9.53 Å². The molecule has 0 aliphatic carbocycles. The molecule has 3 rings (SSSR count). The van der Waals surface area contributed by atoms with Gasteiger partial charge in [0.15, 0.2) is 0 Å². The van der Waals surface area contributed by atoms with Crippen molar-refractivity contribution in [3.8, 4) is 0 Å². The smallest absolute Gasteiger partial charge is 0.255 e. The first-order valence-corrected chi connectivity index (χ1v) is 8.32. The summed E-state index contributed by atoms with van der Waals surface area (Å²) in [6.07, 6.45) is 7.04. The second-order valence-corrected chi connectivity index (χ2v) is 6.70. The Morgan fingerprint density at radius 1 is 1.35 bits per heavy atom. The van der Waals surface area contributed by atoms with Crippen molar-refractivity contribution < 1.29 is 14.3 Å². The van der Waals surface area contributed by atoms with Gasteiger partial charge in [-0.2, -0.15) is 0 Å². The number of nitrogens with zero attached hydrogens (tertiary/aromatic N) is 2. The van der Waals surface area contributed by atoms with Crippen molar-refractivity contribution in [3.05, 3.63) is 24.0 Å². The Bertz CT molecular complexity index is 547. The monoisotopic (exact) mass is 319 g/mol. The molecule has 2 aliphatic rings. The fourth-order valence-electron chi connectivity index (χ4n) is 3.74. The highest BCUT2D eigenvalue weighted by Gasteiger charge is 2.41. The highest BCUT2D eigenvalue weighted by Crippen LogP contribution is 2.40. The molecular formula is C17H25N3O3. The van der Waals surface area contributed by atoms with Gasteiger partial charge in [0, 0.05) is 52.1 Å². The zero-order chi connectivity index (χ0) is 16.3. The van der Waals surface area contributed by atoms with Crippen molar-refractivity contribution in [1.29, 1.82) is 0 Å². The molecule has 2 saturated heterocycles. The van der Waals surface area contributed by atoms with Gasteiger partial charge in [0.2, 0.25) is 5.91 Å². The number of H-pyrrole nitrogens is 1. The van der Waals surface area contributed by atoms with E-state index in [4.69, 9.17) is 4.74 Å². The third-order valence-corrected chi connectivity index (χ3v) is 5.27. The second-order valence-electron chi connectivity index (χ2n) is 6.70. The first-order valence-electron chi connectivity index (χ1n) is 8.32. The summed E-state index contributed by atoms with van der Waals surface area (Å²) < 4.78 is 5.11. The molecule has 23 heavy (non-hydrogen) atoms. The molecule has 1 aromatic rings. The summed E-state index contributed by atoms with van der Waals surface area (Å²) in [5.74, 6) is 0.336. The minimum atomic E-state index is 0.101. The maximum absolute atomic E-state index is 12.4. The van der Waals surface area contributed by atoms with Crippen LogP contribution >= 0.6 is 0 Å². The van der Waals surface area contributed by atoms with E-state index in [0.717, 1.165) is 44.5 Å². The lowest BCUT2D eigenvalue weighted by Gasteiger charge is -2.47. The number of methoxy groups -OCH3 is 1. The summed E-state index contributed by atoms with van der Waals surface area (Å²) in [7, 11) is 1.66. The molecule has 0 atom stereocenters. The molecular weight excluding hydrogens is 294 g/mol. The van der Waals surface area contributed by atoms with Gasteiger partial charge in [0.05, 0.1) is 12.2 Å². The zero-order valence-corrected chi connectivity index (χ0v) is 13.7. The third kappa shape index (κ3) is 3.42. The molecule has 2 aliphatic heterocycles. The summed E-state index contributed by atoms with van der Waals surface area (Å²) in [4.78, 5) is 31.3. The van der Waals surface area contributed by atoms with E-state index in [-0.39, 0.29) is 17.2 Å². The van der Waals surface area contributed by atoms with E-state index in [2.05, 4.69) is 4.98 Å². The Kier molecular flexibility index (Phi) is 4.71. The molecule has 0 saturated carbocycles. The molecule has 0 radical (unpaired) electrons. The molecule has 1 aromatic heterocycles. The Hall–Kier alpha value is -1.82. The van der Waals surface area contributed by atoms with E-state index in [0.29, 0.717) is 19.6 Å². The summed E-state index contributed by atoms with van der Waals surface area (Å²) >= 11 is 0. The molecule has 3 heterocycles. The van der Waals surface area contributed by atoms with Gasteiger partial charge >= 0.3 is 0 Å². The third-order valence-electron chi connectivity index (χ3n) is 5.27. The van der Waals surface area contributed by atoms with E-state index >= 15 is 0 Å². The quantitative estimate of drug-likeness (QED) is 0.915. The summed E-state index contributed by atoms with van der Waals surface area (Å²) in [5, 5.41) is 0. The Balaban J connectivity index is 1.59. The van der Waals surface area contributed by atoms with E-state index in [9.17, 15) is 9.59 Å². The number of hydrogen-bond donors (Lipinski definition) is 1. The fraction of sp³-hybridized carbons (Fsp3) is 0.647. The van der Waals surface area contributed by atoms with Gasteiger partial charge in [-0.15, -0.1) is 0 Å². The molecule has 2 fully saturated rings. The molecule has 6 nitrogen and oxygen atoms in total. The lowest BCUT2D eigenvalue weighted by molar-refractivity contribution is -0.139. The van der Waals surface area contributed by atoms with Gasteiger partial charge in [-0.25, -0.2) is 0 Å². The zero-order valence-electron chi connectivity index (χ0n) is 13.7. The maximum Gasteiger partial charge on any atom is 0.255 e. The van der Waals surface area contributed by atoms with Crippen molar-refractivity contribution in [2.45, 2.75) is 25.7 Å². The van der Waals surface area contributed by atoms with Gasteiger partial charge in [-0.1, -0.05) is 0 Å². The predicted molar refractivity (Wildman–Crippen MR) is 86.1 cm³/mol. The number of nitrogens with one attached hydrogen (secondary N) is 1. The van der Waals surface area contributed by atoms with Crippen LogP contribution in [0.15, 0.2) is 18.5 Å². The normalized spacial score (nSPS) is 21.0. The van der Waals surface area contributed by atoms with Gasteiger partial charge < -0.3 is 19.5 Å². The Labute approximate surface area is 136 Å². The largest absolute Gasteiger partial charge is 0.383 e. The molecule has 126 valence electrons. The Morgan fingerprint density at radius 2 is 2.13 bits per heavy atom. The minimum absolute atomic E-state index is 0.101. The van der Waals surface area contributed by atoms with Crippen molar-refractivity contribution >= 4 is 11.8 Å². The van der Waals surface area contributed by atoms with Crippen LogP contribution in [0.4, 0.5) is 0 Å². The molecule has 0 unspecified atom stereocenters. The summed E-state index contributed by atoms with van der Waals surface area (Å²) in [5.41, 5.74) is 0.901. The topological polar surface area (TPSA) is 65.6 Å². The van der Waals surface area contributed by atoms with Crippen molar-refractivity contribution in [3.63, 3.8) is 0 Å². The van der Waals surface area contributed by atoms with Gasteiger partial charge in [0.25, 0.3) is 5.91 Å². The van der Waals surface area contributed by atoms with E-state index in [1.807, 2.05) is 15.9 Å². The molecule has 1 spiro atoms. The maximum atomic E-state index is 12.4. The van der Waals surface area contributed by atoms with Gasteiger partial charge in [0.1, 0.15) is 0 Å². The van der Waals surface area contributed by atoms with Crippen molar-refractivity contribution in [1.82, 2.24) is 14.8 Å². The number of aromatic nitrogens is 1. The van der Waals surface area contributed by atoms with Crippen molar-refractivity contribution in [2.75, 3.05) is 39.9 Å². The molecule has 0 aromatic carbocycles. The number of likely N-dealkylation sites (tertiary alicyclic amines) is 2. The van der Waals surface area contributed by atoms with Crippen LogP contribution in [0.2, 0.25) is 0 Å². The van der Waals surface area contributed by atoms with E-state index < -0.39 is 0 Å². The number of carbonyl (C=O) groups is 2. The number of ether oxygens (including phenoxy) is 1. The first-order chi connectivity index (χ1) is 11.1. The second kappa shape index (κ2) is 6.74. The molecule has 1 N–H and O–H groups in total. The van der Waals surface area contributed by atoms with Crippen LogP contribution in [0, 0.1) is 5.41 Å². The molecule has 2 amide bonds. The predicted octanol–water partition coefficient (Wildman–Crippen LogP) is 1.51. The van der Waals surface area contributed by atoms with E-state index in [1.54, 1.807) is 19.5 Å². The number of piperidine rings is 2. The molecule has 6 heteroatoms. The Morgan fingerprint density at radius 3 is 2.78 bits per heavy atom. The van der Waals surface area contributed by atoms with Crippen LogP contribution in [-0.4, -0.2) is 66.5 Å².